The molecule has 11 heteroatoms. The molecule has 1 aliphatic heterocycles. The predicted octanol–water partition coefficient (Wildman–Crippen LogP) is 3.55. The van der Waals surface area contributed by atoms with Crippen molar-refractivity contribution in [3.8, 4) is 11.3 Å². The number of anilines is 4. The second-order valence-corrected chi connectivity index (χ2v) is 9.44. The van der Waals surface area contributed by atoms with E-state index >= 15 is 0 Å². The van der Waals surface area contributed by atoms with Gasteiger partial charge in [-0.1, -0.05) is 18.7 Å². The zero-order chi connectivity index (χ0) is 24.3. The summed E-state index contributed by atoms with van der Waals surface area (Å²) < 4.78 is 31.6. The van der Waals surface area contributed by atoms with Crippen molar-refractivity contribution in [2.24, 2.45) is 0 Å². The fraction of sp³-hybridized carbons (Fsp3) is 0.167. The van der Waals surface area contributed by atoms with Crippen LogP contribution in [0.1, 0.15) is 0 Å². The summed E-state index contributed by atoms with van der Waals surface area (Å²) in [6.07, 6.45) is 5.14. The predicted molar refractivity (Wildman–Crippen MR) is 136 cm³/mol. The summed E-state index contributed by atoms with van der Waals surface area (Å²) in [5.74, 6) is 1.30. The van der Waals surface area contributed by atoms with Gasteiger partial charge < -0.3 is 15.0 Å². The molecule has 0 aliphatic carbocycles. The van der Waals surface area contributed by atoms with Crippen LogP contribution in [0.5, 0.6) is 0 Å². The lowest BCUT2D eigenvalue weighted by atomic mass is 10.1. The second kappa shape index (κ2) is 9.65. The van der Waals surface area contributed by atoms with Crippen LogP contribution in [0.2, 0.25) is 0 Å². The highest BCUT2D eigenvalue weighted by atomic mass is 32.2. The van der Waals surface area contributed by atoms with Gasteiger partial charge in [-0.05, 0) is 30.3 Å². The molecule has 0 bridgehead atoms. The number of sulfonamides is 1. The highest BCUT2D eigenvalue weighted by molar-refractivity contribution is 7.95. The Morgan fingerprint density at radius 2 is 1.86 bits per heavy atom. The Labute approximate surface area is 202 Å². The maximum Gasteiger partial charge on any atom is 0.254 e. The average molecular weight is 490 g/mol. The quantitative estimate of drug-likeness (QED) is 0.401. The largest absolute Gasteiger partial charge is 0.378 e. The molecule has 2 N–H and O–H groups in total. The first kappa shape index (κ1) is 22.7. The molecule has 0 radical (unpaired) electrons. The van der Waals surface area contributed by atoms with Crippen molar-refractivity contribution in [1.82, 2.24) is 19.9 Å². The van der Waals surface area contributed by atoms with Crippen LogP contribution in [0.3, 0.4) is 0 Å². The van der Waals surface area contributed by atoms with Crippen molar-refractivity contribution < 1.29 is 13.2 Å². The lowest BCUT2D eigenvalue weighted by molar-refractivity contribution is 0.122. The van der Waals surface area contributed by atoms with E-state index in [1.54, 1.807) is 36.8 Å². The number of hydrogen-bond acceptors (Lipinski definition) is 9. The minimum absolute atomic E-state index is 0.399. The van der Waals surface area contributed by atoms with Crippen molar-refractivity contribution in [3.63, 3.8) is 0 Å². The molecule has 1 fully saturated rings. The van der Waals surface area contributed by atoms with Crippen molar-refractivity contribution in [2.75, 3.05) is 41.2 Å². The smallest absolute Gasteiger partial charge is 0.254 e. The number of nitrogens with one attached hydrogen (secondary N) is 2. The van der Waals surface area contributed by atoms with Crippen molar-refractivity contribution in [2.45, 2.75) is 0 Å². The van der Waals surface area contributed by atoms with E-state index in [1.807, 2.05) is 24.3 Å². The van der Waals surface area contributed by atoms with Gasteiger partial charge in [0, 0.05) is 47.5 Å². The van der Waals surface area contributed by atoms with Crippen LogP contribution in [-0.2, 0) is 14.8 Å². The topological polar surface area (TPSA) is 122 Å². The number of benzene rings is 1. The molecule has 0 amide bonds. The third-order valence-corrected chi connectivity index (χ3v) is 6.41. The van der Waals surface area contributed by atoms with Gasteiger partial charge in [0.2, 0.25) is 5.95 Å². The molecule has 1 saturated heterocycles. The number of morpholine rings is 1. The van der Waals surface area contributed by atoms with E-state index < -0.39 is 10.0 Å². The first-order valence-electron chi connectivity index (χ1n) is 10.9. The van der Waals surface area contributed by atoms with Gasteiger partial charge in [0.1, 0.15) is 11.3 Å². The van der Waals surface area contributed by atoms with Crippen LogP contribution >= 0.6 is 0 Å². The number of fused-ring (bicyclic) bond motifs is 1. The maximum atomic E-state index is 11.9. The molecule has 1 aromatic carbocycles. The molecule has 4 heterocycles. The SMILES string of the molecule is C=CS(=O)(=O)Nc1cccc(-c2nccc3cnc(Nc4ccc(N5CCOCC5)nc4)nc23)c1. The molecule has 10 nitrogen and oxygen atoms in total. The first-order valence-corrected chi connectivity index (χ1v) is 12.5. The van der Waals surface area contributed by atoms with Gasteiger partial charge in [0.15, 0.2) is 0 Å². The van der Waals surface area contributed by atoms with Gasteiger partial charge in [-0.3, -0.25) is 9.71 Å². The summed E-state index contributed by atoms with van der Waals surface area (Å²) in [5.41, 5.74) is 3.11. The molecular formula is C24H23N7O3S. The molecular weight excluding hydrogens is 466 g/mol. The van der Waals surface area contributed by atoms with Crippen LogP contribution in [0.15, 0.2) is 73.0 Å². The highest BCUT2D eigenvalue weighted by Gasteiger charge is 2.13. The Bertz CT molecular complexity index is 1470. The average Bonchev–Trinajstić information content (AvgIpc) is 2.89. The minimum atomic E-state index is -3.62. The van der Waals surface area contributed by atoms with Crippen molar-refractivity contribution >= 4 is 44.1 Å². The van der Waals surface area contributed by atoms with Gasteiger partial charge >= 0.3 is 0 Å². The summed E-state index contributed by atoms with van der Waals surface area (Å²) >= 11 is 0. The number of hydrogen-bond donors (Lipinski definition) is 2. The Morgan fingerprint density at radius 3 is 2.63 bits per heavy atom. The summed E-state index contributed by atoms with van der Waals surface area (Å²) in [7, 11) is -3.62. The van der Waals surface area contributed by atoms with Gasteiger partial charge in [-0.25, -0.2) is 23.4 Å². The molecule has 0 unspecified atom stereocenters. The van der Waals surface area contributed by atoms with Crippen LogP contribution in [0.25, 0.3) is 22.2 Å². The Kier molecular flexibility index (Phi) is 6.25. The van der Waals surface area contributed by atoms with Crippen molar-refractivity contribution in [3.05, 3.63) is 73.0 Å². The van der Waals surface area contributed by atoms with E-state index in [-0.39, 0.29) is 0 Å². The molecule has 4 aromatic rings. The minimum Gasteiger partial charge on any atom is -0.378 e. The van der Waals surface area contributed by atoms with Crippen molar-refractivity contribution in [1.29, 1.82) is 0 Å². The molecule has 178 valence electrons. The van der Waals surface area contributed by atoms with Crippen LogP contribution in [-0.4, -0.2) is 54.7 Å². The van der Waals surface area contributed by atoms with E-state index in [1.165, 1.54) is 0 Å². The Morgan fingerprint density at radius 1 is 1.00 bits per heavy atom. The third-order valence-electron chi connectivity index (χ3n) is 5.45. The summed E-state index contributed by atoms with van der Waals surface area (Å²) in [6.45, 7) is 6.36. The van der Waals surface area contributed by atoms with E-state index in [2.05, 4.69) is 41.5 Å². The summed E-state index contributed by atoms with van der Waals surface area (Å²) in [6, 6.07) is 12.7. The van der Waals surface area contributed by atoms with E-state index in [0.29, 0.717) is 41.6 Å². The summed E-state index contributed by atoms with van der Waals surface area (Å²) in [4.78, 5) is 20.3. The normalized spacial score (nSPS) is 14.0. The van der Waals surface area contributed by atoms with E-state index in [0.717, 1.165) is 35.4 Å². The molecule has 35 heavy (non-hydrogen) atoms. The zero-order valence-electron chi connectivity index (χ0n) is 18.8. The molecule has 0 atom stereocenters. The third kappa shape index (κ3) is 5.20. The van der Waals surface area contributed by atoms with E-state index in [9.17, 15) is 8.42 Å². The van der Waals surface area contributed by atoms with Gasteiger partial charge in [0.25, 0.3) is 10.0 Å². The number of pyridine rings is 2. The van der Waals surface area contributed by atoms with E-state index in [4.69, 9.17) is 4.74 Å². The second-order valence-electron chi connectivity index (χ2n) is 7.82. The maximum absolute atomic E-state index is 11.9. The molecule has 0 saturated carbocycles. The standard InChI is InChI=1S/C24H23N7O3S/c1-2-35(32,33)30-19-5-3-4-17(14-19)22-23-18(8-9-25-22)15-27-24(29-23)28-20-6-7-21(26-16-20)31-10-12-34-13-11-31/h2-9,14-16,30H,1,10-13H2,(H,27,28,29). The Balaban J connectivity index is 1.42. The molecule has 0 spiro atoms. The fourth-order valence-electron chi connectivity index (χ4n) is 3.73. The lowest BCUT2D eigenvalue weighted by Gasteiger charge is -2.27. The molecule has 3 aromatic heterocycles. The van der Waals surface area contributed by atoms with Gasteiger partial charge in [-0.15, -0.1) is 0 Å². The van der Waals surface area contributed by atoms with Crippen LogP contribution < -0.4 is 14.9 Å². The monoisotopic (exact) mass is 489 g/mol. The Hall–Kier alpha value is -4.09. The number of nitrogens with zero attached hydrogens (tertiary/aromatic N) is 5. The lowest BCUT2D eigenvalue weighted by Crippen LogP contribution is -2.36. The van der Waals surface area contributed by atoms with Crippen LogP contribution in [0, 0.1) is 0 Å². The summed E-state index contributed by atoms with van der Waals surface area (Å²) in [5, 5.41) is 4.87. The number of aromatic nitrogens is 4. The highest BCUT2D eigenvalue weighted by Crippen LogP contribution is 2.28. The fourth-order valence-corrected chi connectivity index (χ4v) is 4.27. The van der Waals surface area contributed by atoms with Gasteiger partial charge in [0.05, 0.1) is 30.8 Å². The zero-order valence-corrected chi connectivity index (χ0v) is 19.6. The number of ether oxygens (including phenoxy) is 1. The number of rotatable bonds is 7. The molecule has 1 aliphatic rings. The van der Waals surface area contributed by atoms with Crippen LogP contribution in [0.4, 0.5) is 23.1 Å². The first-order chi connectivity index (χ1) is 17.0. The van der Waals surface area contributed by atoms with Gasteiger partial charge in [-0.2, -0.15) is 0 Å². The molecule has 5 rings (SSSR count).